The largest absolute Gasteiger partial charge is 0.351 e. The Kier molecular flexibility index (Phi) is 6.54. The second-order valence-electron chi connectivity index (χ2n) is 10.00. The van der Waals surface area contributed by atoms with Crippen LogP contribution in [0, 0.1) is 0 Å². The van der Waals surface area contributed by atoms with E-state index in [-0.39, 0.29) is 31.0 Å². The summed E-state index contributed by atoms with van der Waals surface area (Å²) < 4.78 is 18.7. The van der Waals surface area contributed by atoms with E-state index in [2.05, 4.69) is 48.2 Å². The van der Waals surface area contributed by atoms with Gasteiger partial charge in [-0.2, -0.15) is 5.10 Å². The molecular weight excluding hydrogens is 567 g/mol. The van der Waals surface area contributed by atoms with Crippen LogP contribution in [0.25, 0.3) is 22.0 Å². The average molecular weight is 593 g/mol. The molecule has 1 N–H and O–H groups in total. The van der Waals surface area contributed by atoms with Crippen LogP contribution in [-0.2, 0) is 29.1 Å². The first kappa shape index (κ1) is 25.4. The number of pyridine rings is 1. The van der Waals surface area contributed by atoms with E-state index in [1.807, 2.05) is 18.2 Å². The zero-order chi connectivity index (χ0) is 27.3. The van der Waals surface area contributed by atoms with Gasteiger partial charge in [0.25, 0.3) is 0 Å². The Morgan fingerprint density at radius 2 is 2.03 bits per heavy atom. The molecule has 0 saturated carbocycles. The molecular formula is C28H26BrFN6O3. The highest BCUT2D eigenvalue weighted by atomic mass is 79.9. The normalized spacial score (nSPS) is 18.5. The number of fused-ring (bicyclic) bond motifs is 2. The molecule has 1 saturated heterocycles. The molecule has 6 rings (SSSR count). The molecule has 0 radical (unpaired) electrons. The molecule has 2 amide bonds. The number of Topliss-reactive ketones (excluding diaryl/α,β-unsaturated/α-hetero) is 1. The van der Waals surface area contributed by atoms with Crippen molar-refractivity contribution in [1.82, 2.24) is 24.2 Å². The lowest BCUT2D eigenvalue weighted by atomic mass is 10.0. The summed E-state index contributed by atoms with van der Waals surface area (Å²) >= 11 is 3.26. The first-order valence-electron chi connectivity index (χ1n) is 12.9. The van der Waals surface area contributed by atoms with Gasteiger partial charge in [0.15, 0.2) is 5.78 Å². The number of ketones is 1. The van der Waals surface area contributed by atoms with E-state index in [0.717, 1.165) is 30.5 Å². The first-order chi connectivity index (χ1) is 18.8. The minimum Gasteiger partial charge on any atom is -0.351 e. The van der Waals surface area contributed by atoms with Gasteiger partial charge in [-0.05, 0) is 64.7 Å². The van der Waals surface area contributed by atoms with Crippen LogP contribution in [-0.4, -0.2) is 60.6 Å². The number of benzene rings is 1. The number of alkyl halides is 1. The van der Waals surface area contributed by atoms with E-state index in [0.29, 0.717) is 21.3 Å². The Bertz CT molecular complexity index is 1630. The monoisotopic (exact) mass is 592 g/mol. The lowest BCUT2D eigenvalue weighted by Crippen LogP contribution is -2.44. The summed E-state index contributed by atoms with van der Waals surface area (Å²) in [6, 6.07) is 11.9. The highest BCUT2D eigenvalue weighted by molar-refractivity contribution is 9.10. The molecule has 0 unspecified atom stereocenters. The highest BCUT2D eigenvalue weighted by Crippen LogP contribution is 2.33. The van der Waals surface area contributed by atoms with Crippen LogP contribution in [0.3, 0.4) is 0 Å². The number of nitrogens with zero attached hydrogens (tertiary/aromatic N) is 5. The number of aromatic nitrogens is 4. The first-order valence-corrected chi connectivity index (χ1v) is 13.6. The summed E-state index contributed by atoms with van der Waals surface area (Å²) in [6.45, 7) is 2.04. The van der Waals surface area contributed by atoms with Crippen molar-refractivity contribution < 1.29 is 18.8 Å². The van der Waals surface area contributed by atoms with Gasteiger partial charge in [-0.15, -0.1) is 0 Å². The fraction of sp³-hybridized carbons (Fsp3) is 0.321. The van der Waals surface area contributed by atoms with Gasteiger partial charge in [-0.1, -0.05) is 12.1 Å². The molecule has 11 heteroatoms. The third-order valence-electron chi connectivity index (χ3n) is 7.41. The number of carbonyl (C=O) groups is 3. The van der Waals surface area contributed by atoms with Crippen molar-refractivity contribution in [1.29, 1.82) is 0 Å². The van der Waals surface area contributed by atoms with Crippen molar-refractivity contribution in [3.05, 3.63) is 64.7 Å². The van der Waals surface area contributed by atoms with E-state index in [1.165, 1.54) is 22.2 Å². The maximum atomic E-state index is 14.5. The van der Waals surface area contributed by atoms with Gasteiger partial charge in [0, 0.05) is 42.7 Å². The molecule has 2 aliphatic heterocycles. The van der Waals surface area contributed by atoms with E-state index in [1.54, 1.807) is 18.2 Å². The minimum atomic E-state index is -1.32. The number of anilines is 1. The molecule has 4 aromatic rings. The molecule has 1 aromatic carbocycles. The number of carbonyl (C=O) groups excluding carboxylic acids is 3. The summed E-state index contributed by atoms with van der Waals surface area (Å²) in [6.07, 6.45) is 2.78. The highest BCUT2D eigenvalue weighted by Gasteiger charge is 2.40. The molecule has 5 heterocycles. The van der Waals surface area contributed by atoms with Gasteiger partial charge in [-0.25, -0.2) is 9.37 Å². The molecule has 3 aromatic heterocycles. The number of rotatable bonds is 6. The zero-order valence-electron chi connectivity index (χ0n) is 21.2. The Morgan fingerprint density at radius 1 is 1.18 bits per heavy atom. The molecule has 0 bridgehead atoms. The Labute approximate surface area is 232 Å². The third kappa shape index (κ3) is 4.75. The summed E-state index contributed by atoms with van der Waals surface area (Å²) in [5.74, 6) is -0.868. The maximum Gasteiger partial charge on any atom is 0.248 e. The van der Waals surface area contributed by atoms with Crippen LogP contribution in [0.15, 0.2) is 53.3 Å². The number of likely N-dealkylation sites (tertiary alicyclic amines) is 1. The number of halogens is 2. The second kappa shape index (κ2) is 10.0. The van der Waals surface area contributed by atoms with Crippen LogP contribution in [0.1, 0.15) is 35.9 Å². The summed E-state index contributed by atoms with van der Waals surface area (Å²) in [7, 11) is 0. The van der Waals surface area contributed by atoms with Gasteiger partial charge in [0.2, 0.25) is 11.8 Å². The van der Waals surface area contributed by atoms with Crippen LogP contribution < -0.4 is 5.32 Å². The van der Waals surface area contributed by atoms with Gasteiger partial charge in [0.05, 0.1) is 12.1 Å². The van der Waals surface area contributed by atoms with E-state index in [9.17, 15) is 18.8 Å². The Hall–Kier alpha value is -3.86. The lowest BCUT2D eigenvalue weighted by Gasteiger charge is -2.23. The number of nitrogens with one attached hydrogen (secondary N) is 1. The number of hydrogen-bond donors (Lipinski definition) is 1. The molecule has 2 atom stereocenters. The van der Waals surface area contributed by atoms with Gasteiger partial charge >= 0.3 is 0 Å². The second-order valence-corrected chi connectivity index (χ2v) is 10.8. The van der Waals surface area contributed by atoms with Crippen LogP contribution in [0.5, 0.6) is 0 Å². The number of hydrogen-bond acceptors (Lipinski definition) is 5. The SMILES string of the molecule is CC(=O)c1nn(CC(=O)N2C[C@H](F)C[C@H]2C(=O)Nc2cccc(Br)n2)c2ccc(-c3ccn4c3CCC4)cc12. The minimum absolute atomic E-state index is 0.102. The molecule has 200 valence electrons. The van der Waals surface area contributed by atoms with Crippen molar-refractivity contribution in [2.45, 2.75) is 51.5 Å². The fourth-order valence-corrected chi connectivity index (χ4v) is 5.96. The third-order valence-corrected chi connectivity index (χ3v) is 7.85. The molecule has 2 aliphatic rings. The Balaban J connectivity index is 1.27. The average Bonchev–Trinajstić information content (AvgIpc) is 3.67. The van der Waals surface area contributed by atoms with E-state index >= 15 is 0 Å². The summed E-state index contributed by atoms with van der Waals surface area (Å²) in [5, 5.41) is 7.79. The quantitative estimate of drug-likeness (QED) is 0.264. The maximum absolute atomic E-state index is 14.5. The summed E-state index contributed by atoms with van der Waals surface area (Å²) in [5.41, 5.74) is 4.30. The topological polar surface area (TPSA) is 102 Å². The molecule has 39 heavy (non-hydrogen) atoms. The van der Waals surface area contributed by atoms with Crippen molar-refractivity contribution >= 4 is 50.2 Å². The smallest absolute Gasteiger partial charge is 0.248 e. The Morgan fingerprint density at radius 3 is 2.82 bits per heavy atom. The van der Waals surface area contributed by atoms with Gasteiger partial charge < -0.3 is 14.8 Å². The van der Waals surface area contributed by atoms with Crippen molar-refractivity contribution in [3.63, 3.8) is 0 Å². The summed E-state index contributed by atoms with van der Waals surface area (Å²) in [4.78, 5) is 44.3. The molecule has 1 fully saturated rings. The number of aryl methyl sites for hydroxylation is 1. The van der Waals surface area contributed by atoms with Crippen molar-refractivity contribution in [2.24, 2.45) is 0 Å². The predicted octanol–water partition coefficient (Wildman–Crippen LogP) is 4.39. The standard InChI is InChI=1S/C28H26BrFN6O3/c1-16(37)27-20-12-17(19-9-11-34-10-3-4-21(19)34)7-8-22(20)36(33-27)15-26(38)35-14-18(30)13-23(35)28(39)32-25-6-2-5-24(29)31-25/h2,5-9,11-12,18,23H,3-4,10,13-15H2,1H3,(H,31,32,39)/t18-,23+/m1/s1. The van der Waals surface area contributed by atoms with Gasteiger partial charge in [0.1, 0.15) is 34.9 Å². The van der Waals surface area contributed by atoms with Crippen molar-refractivity contribution in [2.75, 3.05) is 11.9 Å². The molecule has 0 spiro atoms. The van der Waals surface area contributed by atoms with E-state index < -0.39 is 24.0 Å². The molecule has 9 nitrogen and oxygen atoms in total. The number of amides is 2. The van der Waals surface area contributed by atoms with Gasteiger partial charge in [-0.3, -0.25) is 19.1 Å². The fourth-order valence-electron chi connectivity index (χ4n) is 5.62. The van der Waals surface area contributed by atoms with E-state index in [4.69, 9.17) is 0 Å². The lowest BCUT2D eigenvalue weighted by molar-refractivity contribution is -0.137. The van der Waals surface area contributed by atoms with Crippen LogP contribution in [0.4, 0.5) is 10.2 Å². The van der Waals surface area contributed by atoms with Crippen molar-refractivity contribution in [3.8, 4) is 11.1 Å². The predicted molar refractivity (Wildman–Crippen MR) is 147 cm³/mol. The zero-order valence-corrected chi connectivity index (χ0v) is 22.8. The molecule has 0 aliphatic carbocycles. The van der Waals surface area contributed by atoms with Crippen LogP contribution in [0.2, 0.25) is 0 Å². The van der Waals surface area contributed by atoms with Crippen LogP contribution >= 0.6 is 15.9 Å².